The van der Waals surface area contributed by atoms with Gasteiger partial charge in [-0.3, -0.25) is 4.90 Å². The molecule has 0 aliphatic carbocycles. The largest absolute Gasteiger partial charge is 0.384 e. The monoisotopic (exact) mass is 262 g/mol. The van der Waals surface area contributed by atoms with Gasteiger partial charge in [0, 0.05) is 25.8 Å². The first kappa shape index (κ1) is 14.0. The number of hydrogen-bond acceptors (Lipinski definition) is 3. The van der Waals surface area contributed by atoms with E-state index < -0.39 is 0 Å². The van der Waals surface area contributed by atoms with Crippen molar-refractivity contribution in [2.45, 2.75) is 19.4 Å². The molecule has 1 aromatic rings. The van der Waals surface area contributed by atoms with Gasteiger partial charge in [0.25, 0.3) is 0 Å². The molecule has 1 aromatic carbocycles. The molecule has 0 amide bonds. The van der Waals surface area contributed by atoms with Crippen molar-refractivity contribution in [2.75, 3.05) is 26.8 Å². The molecule has 0 atom stereocenters. The van der Waals surface area contributed by atoms with Gasteiger partial charge >= 0.3 is 0 Å². The Morgan fingerprint density at radius 1 is 1.42 bits per heavy atom. The summed E-state index contributed by atoms with van der Waals surface area (Å²) in [5, 5.41) is 8.83. The molecule has 4 heteroatoms. The van der Waals surface area contributed by atoms with Crippen LogP contribution in [0.1, 0.15) is 24.0 Å². The molecule has 0 saturated carbocycles. The van der Waals surface area contributed by atoms with Gasteiger partial charge in [-0.05, 0) is 37.9 Å². The molecule has 102 valence electrons. The highest BCUT2D eigenvalue weighted by Gasteiger charge is 2.20. The molecule has 0 radical (unpaired) electrons. The molecule has 1 aliphatic heterocycles. The summed E-state index contributed by atoms with van der Waals surface area (Å²) in [5.41, 5.74) is 0.746. The highest BCUT2D eigenvalue weighted by atomic mass is 19.1. The van der Waals surface area contributed by atoms with Gasteiger partial charge in [0.2, 0.25) is 0 Å². The summed E-state index contributed by atoms with van der Waals surface area (Å²) in [6.07, 6.45) is 2.18. The predicted octanol–water partition coefficient (Wildman–Crippen LogP) is 2.56. The van der Waals surface area contributed by atoms with Crippen LogP contribution in [0.25, 0.3) is 0 Å². The zero-order valence-electron chi connectivity index (χ0n) is 11.2. The molecule has 2 rings (SSSR count). The Morgan fingerprint density at radius 2 is 2.16 bits per heavy atom. The second-order valence-electron chi connectivity index (χ2n) is 5.07. The average Bonchev–Trinajstić information content (AvgIpc) is 2.43. The third-order valence-corrected chi connectivity index (χ3v) is 3.70. The number of halogens is 1. The summed E-state index contributed by atoms with van der Waals surface area (Å²) in [4.78, 5) is 2.24. The molecule has 1 heterocycles. The molecule has 3 nitrogen and oxygen atoms in total. The van der Waals surface area contributed by atoms with Crippen LogP contribution in [0.15, 0.2) is 18.2 Å². The Labute approximate surface area is 113 Å². The van der Waals surface area contributed by atoms with Gasteiger partial charge in [-0.25, -0.2) is 4.39 Å². The molecule has 1 aliphatic rings. The van der Waals surface area contributed by atoms with Crippen molar-refractivity contribution in [3.63, 3.8) is 0 Å². The minimum Gasteiger partial charge on any atom is -0.384 e. The summed E-state index contributed by atoms with van der Waals surface area (Å²) < 4.78 is 19.1. The van der Waals surface area contributed by atoms with E-state index >= 15 is 0 Å². The lowest BCUT2D eigenvalue weighted by molar-refractivity contribution is 0.0963. The van der Waals surface area contributed by atoms with Crippen molar-refractivity contribution < 1.29 is 9.13 Å². The van der Waals surface area contributed by atoms with Crippen LogP contribution in [0.2, 0.25) is 0 Å². The molecule has 0 unspecified atom stereocenters. The minimum atomic E-state index is -0.371. The lowest BCUT2D eigenvalue weighted by Crippen LogP contribution is -2.34. The van der Waals surface area contributed by atoms with Crippen LogP contribution in [0.4, 0.5) is 4.39 Å². The van der Waals surface area contributed by atoms with E-state index in [1.807, 2.05) is 6.07 Å². The van der Waals surface area contributed by atoms with E-state index in [4.69, 9.17) is 10.00 Å². The minimum absolute atomic E-state index is 0.131. The molecule has 0 aromatic heterocycles. The first-order chi connectivity index (χ1) is 9.24. The van der Waals surface area contributed by atoms with Crippen LogP contribution >= 0.6 is 0 Å². The molecule has 1 saturated heterocycles. The number of methoxy groups -OCH3 is 1. The fourth-order valence-electron chi connectivity index (χ4n) is 2.58. The van der Waals surface area contributed by atoms with Crippen molar-refractivity contribution >= 4 is 0 Å². The lowest BCUT2D eigenvalue weighted by atomic mass is 9.97. The third kappa shape index (κ3) is 3.52. The van der Waals surface area contributed by atoms with Crippen LogP contribution < -0.4 is 0 Å². The van der Waals surface area contributed by atoms with Gasteiger partial charge in [-0.1, -0.05) is 12.1 Å². The Morgan fingerprint density at radius 3 is 2.79 bits per heavy atom. The van der Waals surface area contributed by atoms with Gasteiger partial charge in [-0.2, -0.15) is 5.26 Å². The fraction of sp³-hybridized carbons (Fsp3) is 0.533. The van der Waals surface area contributed by atoms with E-state index in [9.17, 15) is 4.39 Å². The zero-order chi connectivity index (χ0) is 13.7. The van der Waals surface area contributed by atoms with E-state index in [2.05, 4.69) is 4.90 Å². The van der Waals surface area contributed by atoms with Crippen LogP contribution in [-0.2, 0) is 11.3 Å². The summed E-state index contributed by atoms with van der Waals surface area (Å²) in [7, 11) is 1.73. The summed E-state index contributed by atoms with van der Waals surface area (Å²) >= 11 is 0. The van der Waals surface area contributed by atoms with Crippen molar-refractivity contribution in [3.05, 3.63) is 35.1 Å². The Bertz CT molecular complexity index is 462. The number of rotatable bonds is 4. The van der Waals surface area contributed by atoms with Gasteiger partial charge in [0.1, 0.15) is 11.9 Å². The first-order valence-electron chi connectivity index (χ1n) is 6.63. The van der Waals surface area contributed by atoms with Crippen LogP contribution in [0.3, 0.4) is 0 Å². The molecule has 1 fully saturated rings. The molecular weight excluding hydrogens is 243 g/mol. The van der Waals surface area contributed by atoms with Crippen LogP contribution in [-0.4, -0.2) is 31.7 Å². The highest BCUT2D eigenvalue weighted by molar-refractivity contribution is 5.34. The van der Waals surface area contributed by atoms with E-state index in [1.165, 1.54) is 6.07 Å². The maximum atomic E-state index is 14.0. The molecule has 0 bridgehead atoms. The number of nitriles is 1. The highest BCUT2D eigenvalue weighted by Crippen LogP contribution is 2.21. The zero-order valence-corrected chi connectivity index (χ0v) is 11.2. The molecule has 0 spiro atoms. The topological polar surface area (TPSA) is 36.3 Å². The Kier molecular flexibility index (Phi) is 4.89. The standard InChI is InChI=1S/C15H19FN2O/c1-19-11-12-5-7-18(8-6-12)10-14-4-2-3-13(9-17)15(14)16/h2-4,12H,5-8,10-11H2,1H3. The second-order valence-corrected chi connectivity index (χ2v) is 5.07. The number of ether oxygens (including phenoxy) is 1. The summed E-state index contributed by atoms with van der Waals surface area (Å²) in [6, 6.07) is 6.91. The van der Waals surface area contributed by atoms with Crippen molar-refractivity contribution in [2.24, 2.45) is 5.92 Å². The summed E-state index contributed by atoms with van der Waals surface area (Å²) in [6.45, 7) is 3.32. The van der Waals surface area contributed by atoms with Gasteiger partial charge in [0.05, 0.1) is 5.56 Å². The average molecular weight is 262 g/mol. The Hall–Kier alpha value is -1.44. The van der Waals surface area contributed by atoms with E-state index in [0.29, 0.717) is 18.0 Å². The lowest BCUT2D eigenvalue weighted by Gasteiger charge is -2.31. The number of nitrogens with zero attached hydrogens (tertiary/aromatic N) is 2. The van der Waals surface area contributed by atoms with Gasteiger partial charge in [-0.15, -0.1) is 0 Å². The SMILES string of the molecule is COCC1CCN(Cc2cccc(C#N)c2F)CC1. The smallest absolute Gasteiger partial charge is 0.145 e. The van der Waals surface area contributed by atoms with Gasteiger partial charge < -0.3 is 4.74 Å². The molecular formula is C15H19FN2O. The third-order valence-electron chi connectivity index (χ3n) is 3.70. The predicted molar refractivity (Wildman–Crippen MR) is 71.0 cm³/mol. The maximum absolute atomic E-state index is 14.0. The van der Waals surface area contributed by atoms with Crippen molar-refractivity contribution in [1.29, 1.82) is 5.26 Å². The number of benzene rings is 1. The van der Waals surface area contributed by atoms with Crippen LogP contribution in [0.5, 0.6) is 0 Å². The Balaban J connectivity index is 1.94. The molecule has 0 N–H and O–H groups in total. The first-order valence-corrected chi connectivity index (χ1v) is 6.63. The van der Waals surface area contributed by atoms with Crippen molar-refractivity contribution in [3.8, 4) is 6.07 Å². The van der Waals surface area contributed by atoms with E-state index in [-0.39, 0.29) is 11.4 Å². The number of likely N-dealkylation sites (tertiary alicyclic amines) is 1. The maximum Gasteiger partial charge on any atom is 0.145 e. The van der Waals surface area contributed by atoms with Crippen molar-refractivity contribution in [1.82, 2.24) is 4.90 Å². The number of piperidine rings is 1. The number of hydrogen-bond donors (Lipinski definition) is 0. The normalized spacial score (nSPS) is 17.3. The quantitative estimate of drug-likeness (QED) is 0.836. The van der Waals surface area contributed by atoms with Crippen LogP contribution in [0, 0.1) is 23.1 Å². The van der Waals surface area contributed by atoms with E-state index in [1.54, 1.807) is 19.2 Å². The summed E-state index contributed by atoms with van der Waals surface area (Å²) in [5.74, 6) is 0.251. The molecule has 19 heavy (non-hydrogen) atoms. The fourth-order valence-corrected chi connectivity index (χ4v) is 2.58. The van der Waals surface area contributed by atoms with Gasteiger partial charge in [0.15, 0.2) is 0 Å². The second kappa shape index (κ2) is 6.65. The van der Waals surface area contributed by atoms with E-state index in [0.717, 1.165) is 32.5 Å².